The molecule has 2 rings (SSSR count). The number of aromatic amines is 1. The Morgan fingerprint density at radius 3 is 2.37 bits per heavy atom. The van der Waals surface area contributed by atoms with Crippen LogP contribution in [0.3, 0.4) is 0 Å². The Morgan fingerprint density at radius 2 is 1.79 bits per heavy atom. The minimum atomic E-state index is 0.156. The van der Waals surface area contributed by atoms with Crippen molar-refractivity contribution < 1.29 is 0 Å². The molecule has 0 saturated heterocycles. The summed E-state index contributed by atoms with van der Waals surface area (Å²) in [6, 6.07) is 8.33. The second kappa shape index (κ2) is 5.09. The summed E-state index contributed by atoms with van der Waals surface area (Å²) in [5, 5.41) is 9.98. The first-order chi connectivity index (χ1) is 8.86. The number of nitrogens with zero attached hydrogens (tertiary/aromatic N) is 2. The van der Waals surface area contributed by atoms with Crippen LogP contribution < -0.4 is 5.32 Å². The van der Waals surface area contributed by atoms with Gasteiger partial charge < -0.3 is 5.32 Å². The van der Waals surface area contributed by atoms with E-state index in [-0.39, 0.29) is 5.41 Å². The molecule has 0 spiro atoms. The molecule has 0 radical (unpaired) electrons. The van der Waals surface area contributed by atoms with Gasteiger partial charge in [-0.3, -0.25) is 5.10 Å². The predicted molar refractivity (Wildman–Crippen MR) is 80.4 cm³/mol. The summed E-state index contributed by atoms with van der Waals surface area (Å²) in [6.07, 6.45) is 0. The molecule has 1 aromatic carbocycles. The molecule has 0 bridgehead atoms. The molecule has 5 heteroatoms. The van der Waals surface area contributed by atoms with Crippen molar-refractivity contribution in [2.75, 3.05) is 5.32 Å². The van der Waals surface area contributed by atoms with Crippen LogP contribution in [0.2, 0.25) is 0 Å². The second-order valence-electron chi connectivity index (χ2n) is 5.53. The van der Waals surface area contributed by atoms with E-state index in [1.54, 1.807) is 0 Å². The van der Waals surface area contributed by atoms with Crippen molar-refractivity contribution in [2.45, 2.75) is 33.1 Å². The molecule has 0 amide bonds. The minimum Gasteiger partial charge on any atom is -0.339 e. The highest BCUT2D eigenvalue weighted by molar-refractivity contribution is 7.71. The van der Waals surface area contributed by atoms with Crippen LogP contribution in [0.1, 0.15) is 32.0 Å². The van der Waals surface area contributed by atoms with E-state index in [9.17, 15) is 0 Å². The van der Waals surface area contributed by atoms with Crippen molar-refractivity contribution in [2.24, 2.45) is 0 Å². The lowest BCUT2D eigenvalue weighted by Gasteiger charge is -2.19. The van der Waals surface area contributed by atoms with Crippen LogP contribution in [-0.4, -0.2) is 15.2 Å². The smallest absolute Gasteiger partial charge is 0.215 e. The van der Waals surface area contributed by atoms with E-state index in [0.29, 0.717) is 10.6 Å². The van der Waals surface area contributed by atoms with E-state index in [4.69, 9.17) is 12.2 Å². The number of benzene rings is 1. The predicted octanol–water partition coefficient (Wildman–Crippen LogP) is 3.88. The Bertz CT molecular complexity index is 623. The molecule has 0 aliphatic rings. The van der Waals surface area contributed by atoms with Gasteiger partial charge in [-0.05, 0) is 42.3 Å². The van der Waals surface area contributed by atoms with Crippen LogP contribution in [-0.2, 0) is 5.41 Å². The first-order valence-electron chi connectivity index (χ1n) is 6.17. The van der Waals surface area contributed by atoms with Gasteiger partial charge in [-0.25, -0.2) is 0 Å². The number of nitrogens with one attached hydrogen (secondary N) is 2. The van der Waals surface area contributed by atoms with Gasteiger partial charge in [0.1, 0.15) is 5.69 Å². The van der Waals surface area contributed by atoms with Gasteiger partial charge in [-0.1, -0.05) is 32.9 Å². The van der Waals surface area contributed by atoms with Gasteiger partial charge in [0.15, 0.2) is 5.82 Å². The summed E-state index contributed by atoms with van der Waals surface area (Å²) in [5.74, 6) is 0.687. The molecule has 0 atom stereocenters. The Kier molecular flexibility index (Phi) is 3.66. The SMILES string of the molecule is Cc1n[nH]c(=S)nc1Nc1ccc(C(C)(C)C)cc1. The number of hydrogen-bond acceptors (Lipinski definition) is 4. The van der Waals surface area contributed by atoms with E-state index in [2.05, 4.69) is 53.4 Å². The summed E-state index contributed by atoms with van der Waals surface area (Å²) >= 11 is 4.98. The maximum atomic E-state index is 4.98. The lowest BCUT2D eigenvalue weighted by Crippen LogP contribution is -2.10. The summed E-state index contributed by atoms with van der Waals surface area (Å²) in [4.78, 5) is 4.22. The highest BCUT2D eigenvalue weighted by Crippen LogP contribution is 2.24. The van der Waals surface area contributed by atoms with Crippen molar-refractivity contribution in [1.82, 2.24) is 15.2 Å². The van der Waals surface area contributed by atoms with Gasteiger partial charge in [0.25, 0.3) is 0 Å². The molecule has 0 unspecified atom stereocenters. The van der Waals surface area contributed by atoms with Crippen molar-refractivity contribution in [3.05, 3.63) is 40.3 Å². The fourth-order valence-electron chi connectivity index (χ4n) is 1.70. The normalized spacial score (nSPS) is 11.4. The average molecular weight is 274 g/mol. The van der Waals surface area contributed by atoms with Gasteiger partial charge in [-0.2, -0.15) is 10.1 Å². The summed E-state index contributed by atoms with van der Waals surface area (Å²) in [5.41, 5.74) is 3.22. The van der Waals surface area contributed by atoms with Crippen LogP contribution >= 0.6 is 12.2 Å². The number of H-pyrrole nitrogens is 1. The topological polar surface area (TPSA) is 53.6 Å². The number of rotatable bonds is 2. The molecule has 0 aliphatic heterocycles. The molecule has 1 aromatic heterocycles. The van der Waals surface area contributed by atoms with Gasteiger partial charge in [0.2, 0.25) is 4.77 Å². The first kappa shape index (κ1) is 13.7. The monoisotopic (exact) mass is 274 g/mol. The molecule has 2 aromatic rings. The zero-order valence-corrected chi connectivity index (χ0v) is 12.4. The molecule has 0 aliphatic carbocycles. The Hall–Kier alpha value is -1.75. The van der Waals surface area contributed by atoms with Crippen LogP contribution in [0.15, 0.2) is 24.3 Å². The standard InChI is InChI=1S/C14H18N4S/c1-9-12(16-13(19)18-17-9)15-11-7-5-10(6-8-11)14(2,3)4/h5-8H,1-4H3,(H2,15,16,18,19). The maximum Gasteiger partial charge on any atom is 0.215 e. The van der Waals surface area contributed by atoms with Crippen LogP contribution in [0.5, 0.6) is 0 Å². The summed E-state index contributed by atoms with van der Waals surface area (Å²) in [7, 11) is 0. The molecule has 0 saturated carbocycles. The molecule has 2 N–H and O–H groups in total. The zero-order valence-electron chi connectivity index (χ0n) is 11.6. The van der Waals surface area contributed by atoms with E-state index in [1.165, 1.54) is 5.56 Å². The highest BCUT2D eigenvalue weighted by atomic mass is 32.1. The number of aryl methyl sites for hydroxylation is 1. The van der Waals surface area contributed by atoms with Crippen LogP contribution in [0.4, 0.5) is 11.5 Å². The van der Waals surface area contributed by atoms with E-state index in [1.807, 2.05) is 19.1 Å². The molecular formula is C14H18N4S. The van der Waals surface area contributed by atoms with Gasteiger partial charge >= 0.3 is 0 Å². The van der Waals surface area contributed by atoms with E-state index in [0.717, 1.165) is 11.4 Å². The first-order valence-corrected chi connectivity index (χ1v) is 6.58. The molecule has 4 nitrogen and oxygen atoms in total. The number of anilines is 2. The van der Waals surface area contributed by atoms with E-state index < -0.39 is 0 Å². The van der Waals surface area contributed by atoms with Crippen molar-refractivity contribution in [1.29, 1.82) is 0 Å². The van der Waals surface area contributed by atoms with Gasteiger partial charge in [0, 0.05) is 5.69 Å². The molecular weight excluding hydrogens is 256 g/mol. The molecule has 100 valence electrons. The minimum absolute atomic E-state index is 0.156. The van der Waals surface area contributed by atoms with Crippen molar-refractivity contribution >= 4 is 23.7 Å². The fraction of sp³-hybridized carbons (Fsp3) is 0.357. The van der Waals surface area contributed by atoms with Crippen molar-refractivity contribution in [3.63, 3.8) is 0 Å². The maximum absolute atomic E-state index is 4.98. The van der Waals surface area contributed by atoms with Gasteiger partial charge in [-0.15, -0.1) is 0 Å². The third-order valence-corrected chi connectivity index (χ3v) is 3.07. The average Bonchev–Trinajstić information content (AvgIpc) is 2.33. The zero-order chi connectivity index (χ0) is 14.0. The largest absolute Gasteiger partial charge is 0.339 e. The Balaban J connectivity index is 2.25. The lowest BCUT2D eigenvalue weighted by molar-refractivity contribution is 0.590. The van der Waals surface area contributed by atoms with Gasteiger partial charge in [0.05, 0.1) is 0 Å². The quantitative estimate of drug-likeness (QED) is 0.816. The molecule has 19 heavy (non-hydrogen) atoms. The number of aromatic nitrogens is 3. The highest BCUT2D eigenvalue weighted by Gasteiger charge is 2.13. The lowest BCUT2D eigenvalue weighted by atomic mass is 9.87. The van der Waals surface area contributed by atoms with Crippen LogP contribution in [0.25, 0.3) is 0 Å². The Labute approximate surface area is 118 Å². The molecule has 1 heterocycles. The Morgan fingerprint density at radius 1 is 1.16 bits per heavy atom. The van der Waals surface area contributed by atoms with E-state index >= 15 is 0 Å². The third kappa shape index (κ3) is 3.38. The van der Waals surface area contributed by atoms with Crippen LogP contribution in [0, 0.1) is 11.7 Å². The second-order valence-corrected chi connectivity index (χ2v) is 5.91. The van der Waals surface area contributed by atoms with Crippen molar-refractivity contribution in [3.8, 4) is 0 Å². The summed E-state index contributed by atoms with van der Waals surface area (Å²) < 4.78 is 0.374. The molecule has 0 fully saturated rings. The number of hydrogen-bond donors (Lipinski definition) is 2. The fourth-order valence-corrected chi connectivity index (χ4v) is 1.84. The summed E-state index contributed by atoms with van der Waals surface area (Å²) in [6.45, 7) is 8.47. The third-order valence-electron chi connectivity index (χ3n) is 2.89.